The van der Waals surface area contributed by atoms with Crippen LogP contribution < -0.4 is 19.9 Å². The highest BCUT2D eigenvalue weighted by atomic mass is 35.5. The Morgan fingerprint density at radius 1 is 1.12 bits per heavy atom. The van der Waals surface area contributed by atoms with Gasteiger partial charge in [-0.1, -0.05) is 29.3 Å². The highest BCUT2D eigenvalue weighted by molar-refractivity contribution is 6.34. The minimum Gasteiger partial charge on any atom is -0.454 e. The average Bonchev–Trinajstić information content (AvgIpc) is 3.14. The van der Waals surface area contributed by atoms with E-state index >= 15 is 0 Å². The van der Waals surface area contributed by atoms with E-state index in [4.69, 9.17) is 21.1 Å². The zero-order chi connectivity index (χ0) is 18.4. The van der Waals surface area contributed by atoms with Gasteiger partial charge in [-0.15, -0.1) is 0 Å². The van der Waals surface area contributed by atoms with Crippen molar-refractivity contribution >= 4 is 35.2 Å². The van der Waals surface area contributed by atoms with Crippen LogP contribution in [0.5, 0.6) is 11.5 Å². The monoisotopic (exact) mass is 370 g/mol. The summed E-state index contributed by atoms with van der Waals surface area (Å²) in [5.74, 6) is 0.147. The van der Waals surface area contributed by atoms with Crippen molar-refractivity contribution in [3.8, 4) is 11.5 Å². The highest BCUT2D eigenvalue weighted by Crippen LogP contribution is 2.38. The summed E-state index contributed by atoms with van der Waals surface area (Å²) in [6.07, 6.45) is 1.46. The molecule has 0 aliphatic carbocycles. The summed E-state index contributed by atoms with van der Waals surface area (Å²) < 4.78 is 10.6. The number of nitrogens with zero attached hydrogens (tertiary/aromatic N) is 1. The standard InChI is InChI=1S/C19H15ClN2O4/c1-10-3-4-15(11(2)5-10)22-19(24)13(18(23)21-22)6-12-7-16-17(8-14(12)20)26-9-25-16/h3-8H,9H2,1-2H3,(H,21,23)/b13-6+. The Bertz CT molecular complexity index is 984. The number of halogens is 1. The first-order chi connectivity index (χ1) is 12.4. The van der Waals surface area contributed by atoms with E-state index < -0.39 is 11.8 Å². The molecule has 1 saturated heterocycles. The largest absolute Gasteiger partial charge is 0.454 e. The van der Waals surface area contributed by atoms with E-state index in [9.17, 15) is 9.59 Å². The molecular formula is C19H15ClN2O4. The molecule has 0 saturated carbocycles. The molecule has 2 aromatic carbocycles. The third kappa shape index (κ3) is 2.68. The third-order valence-electron chi connectivity index (χ3n) is 4.28. The molecule has 2 heterocycles. The Kier molecular flexibility index (Phi) is 3.85. The topological polar surface area (TPSA) is 67.9 Å². The van der Waals surface area contributed by atoms with Gasteiger partial charge in [-0.3, -0.25) is 15.0 Å². The van der Waals surface area contributed by atoms with Crippen molar-refractivity contribution in [2.75, 3.05) is 11.8 Å². The van der Waals surface area contributed by atoms with E-state index in [2.05, 4.69) is 5.43 Å². The number of hydrazine groups is 1. The molecule has 1 N–H and O–H groups in total. The van der Waals surface area contributed by atoms with Crippen molar-refractivity contribution in [1.82, 2.24) is 5.43 Å². The average molecular weight is 371 g/mol. The number of benzene rings is 2. The lowest BCUT2D eigenvalue weighted by Crippen LogP contribution is -2.36. The second-order valence-electron chi connectivity index (χ2n) is 6.16. The van der Waals surface area contributed by atoms with E-state index in [0.717, 1.165) is 11.1 Å². The molecule has 1 fully saturated rings. The molecule has 0 aromatic heterocycles. The number of carbonyl (C=O) groups is 2. The molecule has 6 nitrogen and oxygen atoms in total. The second-order valence-corrected chi connectivity index (χ2v) is 6.56. The van der Waals surface area contributed by atoms with Gasteiger partial charge in [-0.2, -0.15) is 0 Å². The van der Waals surface area contributed by atoms with E-state index in [1.54, 1.807) is 18.2 Å². The van der Waals surface area contributed by atoms with E-state index in [0.29, 0.717) is 27.8 Å². The summed E-state index contributed by atoms with van der Waals surface area (Å²) in [7, 11) is 0. The lowest BCUT2D eigenvalue weighted by molar-refractivity contribution is -0.117. The highest BCUT2D eigenvalue weighted by Gasteiger charge is 2.35. The minimum atomic E-state index is -0.483. The molecule has 4 rings (SSSR count). The zero-order valence-electron chi connectivity index (χ0n) is 14.1. The summed E-state index contributed by atoms with van der Waals surface area (Å²) in [5, 5.41) is 1.62. The van der Waals surface area contributed by atoms with Crippen LogP contribution in [-0.2, 0) is 9.59 Å². The molecular weight excluding hydrogens is 356 g/mol. The van der Waals surface area contributed by atoms with Crippen LogP contribution in [0.2, 0.25) is 5.02 Å². The van der Waals surface area contributed by atoms with Crippen molar-refractivity contribution in [1.29, 1.82) is 0 Å². The molecule has 0 radical (unpaired) electrons. The van der Waals surface area contributed by atoms with Crippen LogP contribution in [0.25, 0.3) is 6.08 Å². The van der Waals surface area contributed by atoms with Crippen molar-refractivity contribution in [2.24, 2.45) is 0 Å². The van der Waals surface area contributed by atoms with Crippen LogP contribution in [0.1, 0.15) is 16.7 Å². The predicted octanol–water partition coefficient (Wildman–Crippen LogP) is 3.15. The maximum Gasteiger partial charge on any atom is 0.282 e. The van der Waals surface area contributed by atoms with Crippen molar-refractivity contribution in [2.45, 2.75) is 13.8 Å². The zero-order valence-corrected chi connectivity index (χ0v) is 14.9. The predicted molar refractivity (Wildman–Crippen MR) is 97.1 cm³/mol. The number of carbonyl (C=O) groups excluding carboxylic acids is 2. The fourth-order valence-electron chi connectivity index (χ4n) is 2.98. The number of anilines is 1. The van der Waals surface area contributed by atoms with Gasteiger partial charge in [0.15, 0.2) is 11.5 Å². The summed E-state index contributed by atoms with van der Waals surface area (Å²) in [5.41, 5.74) is 5.72. The molecule has 2 aromatic rings. The number of hydrogen-bond acceptors (Lipinski definition) is 4. The van der Waals surface area contributed by atoms with Crippen LogP contribution in [0.15, 0.2) is 35.9 Å². The second kappa shape index (κ2) is 6.07. The van der Waals surface area contributed by atoms with Crippen LogP contribution in [-0.4, -0.2) is 18.6 Å². The normalized spacial score (nSPS) is 17.2. The van der Waals surface area contributed by atoms with Crippen molar-refractivity contribution in [3.05, 3.63) is 57.6 Å². The van der Waals surface area contributed by atoms with Gasteiger partial charge in [0.2, 0.25) is 6.79 Å². The molecule has 2 amide bonds. The molecule has 26 heavy (non-hydrogen) atoms. The number of fused-ring (bicyclic) bond motifs is 1. The third-order valence-corrected chi connectivity index (χ3v) is 4.60. The SMILES string of the molecule is Cc1ccc(N2NC(=O)/C(=C\c3cc4c(cc3Cl)OCO4)C2=O)c(C)c1. The van der Waals surface area contributed by atoms with Gasteiger partial charge >= 0.3 is 0 Å². The number of hydrogen-bond donors (Lipinski definition) is 1. The Morgan fingerprint density at radius 2 is 1.85 bits per heavy atom. The molecule has 0 spiro atoms. The van der Waals surface area contributed by atoms with Gasteiger partial charge in [0.05, 0.1) is 10.7 Å². The van der Waals surface area contributed by atoms with E-state index in [1.165, 1.54) is 11.1 Å². The lowest BCUT2D eigenvalue weighted by Gasteiger charge is -2.17. The fraction of sp³-hybridized carbons (Fsp3) is 0.158. The number of ether oxygens (including phenoxy) is 2. The molecule has 132 valence electrons. The number of nitrogens with one attached hydrogen (secondary N) is 1. The maximum absolute atomic E-state index is 12.8. The van der Waals surface area contributed by atoms with Gasteiger partial charge in [-0.25, -0.2) is 5.01 Å². The van der Waals surface area contributed by atoms with Gasteiger partial charge < -0.3 is 9.47 Å². The smallest absolute Gasteiger partial charge is 0.282 e. The number of aryl methyl sites for hydroxylation is 2. The van der Waals surface area contributed by atoms with Gasteiger partial charge in [-0.05, 0) is 43.2 Å². The van der Waals surface area contributed by atoms with Crippen molar-refractivity contribution in [3.63, 3.8) is 0 Å². The summed E-state index contributed by atoms with van der Waals surface area (Å²) in [6, 6.07) is 8.90. The first kappa shape index (κ1) is 16.5. The van der Waals surface area contributed by atoms with E-state index in [1.807, 2.05) is 26.0 Å². The Morgan fingerprint density at radius 3 is 2.58 bits per heavy atom. The molecule has 2 aliphatic heterocycles. The number of rotatable bonds is 2. The quantitative estimate of drug-likeness (QED) is 0.651. The number of amides is 2. The molecule has 0 unspecified atom stereocenters. The molecule has 2 aliphatic rings. The first-order valence-corrected chi connectivity index (χ1v) is 8.35. The molecule has 0 atom stereocenters. The van der Waals surface area contributed by atoms with Crippen LogP contribution in [0.3, 0.4) is 0 Å². The Balaban J connectivity index is 1.71. The van der Waals surface area contributed by atoms with E-state index in [-0.39, 0.29) is 12.4 Å². The lowest BCUT2D eigenvalue weighted by atomic mass is 10.1. The molecule has 0 bridgehead atoms. The molecule has 7 heteroatoms. The summed E-state index contributed by atoms with van der Waals surface area (Å²) >= 11 is 6.24. The Labute approximate surface area is 154 Å². The van der Waals surface area contributed by atoms with Crippen LogP contribution in [0.4, 0.5) is 5.69 Å². The summed E-state index contributed by atoms with van der Waals surface area (Å²) in [6.45, 7) is 3.97. The maximum atomic E-state index is 12.8. The van der Waals surface area contributed by atoms with Gasteiger partial charge in [0, 0.05) is 6.07 Å². The van der Waals surface area contributed by atoms with Gasteiger partial charge in [0.1, 0.15) is 5.57 Å². The van der Waals surface area contributed by atoms with Crippen LogP contribution >= 0.6 is 11.6 Å². The minimum absolute atomic E-state index is 0.00532. The summed E-state index contributed by atoms with van der Waals surface area (Å²) in [4.78, 5) is 25.1. The van der Waals surface area contributed by atoms with Crippen LogP contribution in [0, 0.1) is 13.8 Å². The van der Waals surface area contributed by atoms with Gasteiger partial charge in [0.25, 0.3) is 11.8 Å². The first-order valence-electron chi connectivity index (χ1n) is 7.97. The fourth-order valence-corrected chi connectivity index (χ4v) is 3.19. The van der Waals surface area contributed by atoms with Crippen molar-refractivity contribution < 1.29 is 19.1 Å². The Hall–Kier alpha value is -2.99.